The third-order valence-electron chi connectivity index (χ3n) is 4.65. The van der Waals surface area contributed by atoms with Crippen molar-refractivity contribution in [3.8, 4) is 0 Å². The summed E-state index contributed by atoms with van der Waals surface area (Å²) < 4.78 is 0. The zero-order chi connectivity index (χ0) is 21.7. The Balaban J connectivity index is 1.55. The van der Waals surface area contributed by atoms with Crippen LogP contribution < -0.4 is 10.6 Å². The molecule has 0 unspecified atom stereocenters. The minimum absolute atomic E-state index is 0.168. The van der Waals surface area contributed by atoms with Gasteiger partial charge in [-0.25, -0.2) is 0 Å². The average Bonchev–Trinajstić information content (AvgIpc) is 3.13. The minimum atomic E-state index is -0.956. The number of hydrogen-bond donors (Lipinski definition) is 3. The first-order valence-corrected chi connectivity index (χ1v) is 11.1. The molecule has 3 rings (SSSR count). The number of carbonyl (C=O) groups is 3. The number of rotatable bonds is 7. The number of carboxylic acids is 1. The standard InChI is InChI=1S/C20H22N4O4S2/c1-11(17(25)22-20-24-23-12(2)30-20)29-14-9-7-13(8-10-14)21-18(26)15-5-3-4-6-16(15)19(27)28/h3-4,7-11,15-16H,5-6H2,1-2H3,(H,21,26)(H,27,28)(H,22,24,25)/t11-,15-,16+/m0/s1. The smallest absolute Gasteiger partial charge is 0.307 e. The van der Waals surface area contributed by atoms with Crippen LogP contribution in [-0.2, 0) is 14.4 Å². The van der Waals surface area contributed by atoms with Crippen LogP contribution in [0.15, 0.2) is 41.3 Å². The van der Waals surface area contributed by atoms with Crippen LogP contribution in [0.2, 0.25) is 0 Å². The van der Waals surface area contributed by atoms with E-state index in [0.717, 1.165) is 9.90 Å². The molecule has 1 heterocycles. The van der Waals surface area contributed by atoms with Crippen LogP contribution in [0, 0.1) is 18.8 Å². The number of benzene rings is 1. The molecule has 10 heteroatoms. The van der Waals surface area contributed by atoms with Gasteiger partial charge in [-0.3, -0.25) is 19.7 Å². The van der Waals surface area contributed by atoms with E-state index in [2.05, 4.69) is 20.8 Å². The number of hydrogen-bond acceptors (Lipinski definition) is 7. The monoisotopic (exact) mass is 446 g/mol. The lowest BCUT2D eigenvalue weighted by Gasteiger charge is -2.24. The van der Waals surface area contributed by atoms with Crippen LogP contribution in [0.3, 0.4) is 0 Å². The van der Waals surface area contributed by atoms with Crippen LogP contribution in [0.5, 0.6) is 0 Å². The highest BCUT2D eigenvalue weighted by molar-refractivity contribution is 8.00. The first-order chi connectivity index (χ1) is 14.3. The van der Waals surface area contributed by atoms with Crippen molar-refractivity contribution in [2.45, 2.75) is 36.8 Å². The van der Waals surface area contributed by atoms with E-state index < -0.39 is 17.8 Å². The first-order valence-electron chi connectivity index (χ1n) is 9.40. The van der Waals surface area contributed by atoms with Crippen LogP contribution in [0.1, 0.15) is 24.8 Å². The predicted molar refractivity (Wildman–Crippen MR) is 117 cm³/mol. The topological polar surface area (TPSA) is 121 Å². The van der Waals surface area contributed by atoms with Gasteiger partial charge in [0, 0.05) is 10.6 Å². The van der Waals surface area contributed by atoms with E-state index in [9.17, 15) is 19.5 Å². The highest BCUT2D eigenvalue weighted by atomic mass is 32.2. The molecular weight excluding hydrogens is 424 g/mol. The molecule has 0 saturated carbocycles. The van der Waals surface area contributed by atoms with Crippen molar-refractivity contribution in [2.24, 2.45) is 11.8 Å². The highest BCUT2D eigenvalue weighted by Gasteiger charge is 2.33. The molecule has 8 nitrogen and oxygen atoms in total. The Hall–Kier alpha value is -2.72. The van der Waals surface area contributed by atoms with Gasteiger partial charge in [0.1, 0.15) is 5.01 Å². The molecule has 0 fully saturated rings. The summed E-state index contributed by atoms with van der Waals surface area (Å²) in [5, 5.41) is 23.5. The summed E-state index contributed by atoms with van der Waals surface area (Å²) in [5.41, 5.74) is 0.587. The maximum atomic E-state index is 12.5. The van der Waals surface area contributed by atoms with Gasteiger partial charge in [-0.1, -0.05) is 23.5 Å². The van der Waals surface area contributed by atoms with Crippen molar-refractivity contribution in [1.82, 2.24) is 10.2 Å². The lowest BCUT2D eigenvalue weighted by Crippen LogP contribution is -2.34. The van der Waals surface area contributed by atoms with Crippen molar-refractivity contribution in [1.29, 1.82) is 0 Å². The van der Waals surface area contributed by atoms with Crippen LogP contribution in [-0.4, -0.2) is 38.3 Å². The van der Waals surface area contributed by atoms with Gasteiger partial charge in [0.05, 0.1) is 17.1 Å². The zero-order valence-corrected chi connectivity index (χ0v) is 18.1. The van der Waals surface area contributed by atoms with Gasteiger partial charge in [-0.15, -0.1) is 22.0 Å². The summed E-state index contributed by atoms with van der Waals surface area (Å²) in [4.78, 5) is 37.1. The fraction of sp³-hybridized carbons (Fsp3) is 0.350. The normalized spacial score (nSPS) is 19.1. The quantitative estimate of drug-likeness (QED) is 0.439. The molecular formula is C20H22N4O4S2. The maximum Gasteiger partial charge on any atom is 0.307 e. The highest BCUT2D eigenvalue weighted by Crippen LogP contribution is 2.29. The molecule has 0 aliphatic heterocycles. The Morgan fingerprint density at radius 2 is 1.77 bits per heavy atom. The summed E-state index contributed by atoms with van der Waals surface area (Å²) in [6.07, 6.45) is 4.42. The number of anilines is 2. The Morgan fingerprint density at radius 3 is 2.37 bits per heavy atom. The van der Waals surface area contributed by atoms with E-state index >= 15 is 0 Å². The molecule has 1 aliphatic carbocycles. The zero-order valence-electron chi connectivity index (χ0n) is 16.5. The fourth-order valence-corrected chi connectivity index (χ4v) is 4.50. The second kappa shape index (κ2) is 9.86. The third kappa shape index (κ3) is 5.67. The second-order valence-corrected chi connectivity index (χ2v) is 9.48. The molecule has 0 radical (unpaired) electrons. The van der Waals surface area contributed by atoms with E-state index in [4.69, 9.17) is 0 Å². The van der Waals surface area contributed by atoms with Gasteiger partial charge < -0.3 is 10.4 Å². The van der Waals surface area contributed by atoms with Gasteiger partial charge in [0.2, 0.25) is 16.9 Å². The minimum Gasteiger partial charge on any atom is -0.481 e. The van der Waals surface area contributed by atoms with E-state index in [-0.39, 0.29) is 17.1 Å². The van der Waals surface area contributed by atoms with Crippen molar-refractivity contribution >= 4 is 51.7 Å². The SMILES string of the molecule is Cc1nnc(NC(=O)[C@H](C)Sc2ccc(NC(=O)[C@H]3CC=CC[C@H]3C(=O)O)cc2)s1. The molecule has 1 aliphatic rings. The number of amides is 2. The third-order valence-corrected chi connectivity index (χ3v) is 6.51. The number of aromatic nitrogens is 2. The Bertz CT molecular complexity index is 958. The molecule has 158 valence electrons. The molecule has 0 saturated heterocycles. The summed E-state index contributed by atoms with van der Waals surface area (Å²) >= 11 is 2.70. The molecule has 0 bridgehead atoms. The number of carboxylic acid groups (broad SMARTS) is 1. The Kier molecular flexibility index (Phi) is 7.22. The molecule has 2 amide bonds. The van der Waals surface area contributed by atoms with Gasteiger partial charge in [0.15, 0.2) is 0 Å². The number of thioether (sulfide) groups is 1. The van der Waals surface area contributed by atoms with Gasteiger partial charge in [-0.05, 0) is 51.0 Å². The maximum absolute atomic E-state index is 12.5. The number of nitrogens with one attached hydrogen (secondary N) is 2. The van der Waals surface area contributed by atoms with Crippen LogP contribution in [0.25, 0.3) is 0 Å². The Morgan fingerprint density at radius 1 is 1.10 bits per heavy atom. The molecule has 30 heavy (non-hydrogen) atoms. The first kappa shape index (κ1) is 22.0. The molecule has 3 atom stereocenters. The lowest BCUT2D eigenvalue weighted by molar-refractivity contribution is -0.146. The van der Waals surface area contributed by atoms with Crippen molar-refractivity contribution in [3.05, 3.63) is 41.4 Å². The number of aliphatic carboxylic acids is 1. The Labute approximate surface area is 182 Å². The second-order valence-electron chi connectivity index (χ2n) is 6.88. The van der Waals surface area contributed by atoms with Gasteiger partial charge in [0.25, 0.3) is 0 Å². The number of allylic oxidation sites excluding steroid dienone is 2. The van der Waals surface area contributed by atoms with E-state index in [1.807, 2.05) is 25.1 Å². The lowest BCUT2D eigenvalue weighted by atomic mass is 9.82. The van der Waals surface area contributed by atoms with Crippen LogP contribution in [0.4, 0.5) is 10.8 Å². The number of aryl methyl sites for hydroxylation is 1. The number of carbonyl (C=O) groups excluding carboxylic acids is 2. The summed E-state index contributed by atoms with van der Waals surface area (Å²) in [6, 6.07) is 7.12. The molecule has 1 aromatic heterocycles. The molecule has 0 spiro atoms. The average molecular weight is 447 g/mol. The van der Waals surface area contributed by atoms with E-state index in [1.165, 1.54) is 23.1 Å². The predicted octanol–water partition coefficient (Wildman–Crippen LogP) is 3.57. The summed E-state index contributed by atoms with van der Waals surface area (Å²) in [7, 11) is 0. The van der Waals surface area contributed by atoms with Crippen molar-refractivity contribution in [2.75, 3.05) is 10.6 Å². The largest absolute Gasteiger partial charge is 0.481 e. The van der Waals surface area contributed by atoms with Crippen molar-refractivity contribution in [3.63, 3.8) is 0 Å². The molecule has 1 aromatic carbocycles. The van der Waals surface area contributed by atoms with Gasteiger partial charge in [-0.2, -0.15) is 0 Å². The van der Waals surface area contributed by atoms with Crippen LogP contribution >= 0.6 is 23.1 Å². The molecule has 2 aromatic rings. The van der Waals surface area contributed by atoms with Gasteiger partial charge >= 0.3 is 5.97 Å². The van der Waals surface area contributed by atoms with E-state index in [0.29, 0.717) is 23.7 Å². The van der Waals surface area contributed by atoms with E-state index in [1.54, 1.807) is 25.1 Å². The van der Waals surface area contributed by atoms with Crippen molar-refractivity contribution < 1.29 is 19.5 Å². The number of nitrogens with zero attached hydrogens (tertiary/aromatic N) is 2. The summed E-state index contributed by atoms with van der Waals surface area (Å²) in [6.45, 7) is 3.62. The summed E-state index contributed by atoms with van der Waals surface area (Å²) in [5.74, 6) is -2.72. The fourth-order valence-electron chi connectivity index (χ4n) is 3.04. The molecule has 3 N–H and O–H groups in total.